The summed E-state index contributed by atoms with van der Waals surface area (Å²) in [7, 11) is -4.21. The molecule has 1 unspecified atom stereocenters. The van der Waals surface area contributed by atoms with Gasteiger partial charge in [-0.15, -0.1) is 0 Å². The Kier molecular flexibility index (Phi) is 9.39. The van der Waals surface area contributed by atoms with Crippen LogP contribution >= 0.6 is 7.60 Å². The van der Waals surface area contributed by atoms with Gasteiger partial charge in [0.05, 0.1) is 12.2 Å². The third kappa shape index (κ3) is 7.99. The smallest absolute Gasteiger partial charge is 0.326 e. The highest BCUT2D eigenvalue weighted by Crippen LogP contribution is 2.36. The van der Waals surface area contributed by atoms with Gasteiger partial charge in [0.25, 0.3) is 0 Å². The van der Waals surface area contributed by atoms with Gasteiger partial charge in [0.2, 0.25) is 11.8 Å². The molecule has 0 aliphatic carbocycles. The molecule has 2 aromatic rings. The number of nitrogens with zero attached hydrogens (tertiary/aromatic N) is 1. The first-order valence-corrected chi connectivity index (χ1v) is 13.7. The van der Waals surface area contributed by atoms with Crippen molar-refractivity contribution in [3.63, 3.8) is 0 Å². The van der Waals surface area contributed by atoms with E-state index in [0.29, 0.717) is 18.5 Å². The first-order valence-electron chi connectivity index (χ1n) is 11.9. The summed E-state index contributed by atoms with van der Waals surface area (Å²) < 4.78 is 11.4. The molecule has 11 heteroatoms. The highest BCUT2D eigenvalue weighted by atomic mass is 31.2. The van der Waals surface area contributed by atoms with Crippen LogP contribution < -0.4 is 16.4 Å². The second-order valence-electron chi connectivity index (χ2n) is 9.13. The van der Waals surface area contributed by atoms with E-state index in [1.807, 2.05) is 30.3 Å². The Bertz CT molecular complexity index is 1110. The van der Waals surface area contributed by atoms with Gasteiger partial charge in [-0.25, -0.2) is 0 Å². The van der Waals surface area contributed by atoms with E-state index in [9.17, 15) is 23.9 Å². The Morgan fingerprint density at radius 3 is 2.44 bits per heavy atom. The average molecular weight is 516 g/mol. The number of nitrogen functional groups attached to an aromatic ring is 1. The van der Waals surface area contributed by atoms with Crippen LogP contribution in [0.25, 0.3) is 0 Å². The molecule has 10 nitrogen and oxygen atoms in total. The van der Waals surface area contributed by atoms with Gasteiger partial charge in [0.15, 0.2) is 0 Å². The molecule has 0 aromatic heterocycles. The minimum atomic E-state index is -4.21. The summed E-state index contributed by atoms with van der Waals surface area (Å²) in [6.07, 6.45) is 0.937. The molecule has 1 aliphatic heterocycles. The summed E-state index contributed by atoms with van der Waals surface area (Å²) in [5.74, 6) is -0.588. The van der Waals surface area contributed by atoms with Gasteiger partial charge in [0.1, 0.15) is 11.9 Å². The zero-order valence-electron chi connectivity index (χ0n) is 20.3. The number of nitrogens with two attached hydrogens (primary N) is 1. The quantitative estimate of drug-likeness (QED) is 0.158. The fourth-order valence-electron chi connectivity index (χ4n) is 4.36. The summed E-state index contributed by atoms with van der Waals surface area (Å²) in [6.45, 7) is 2.48. The second-order valence-corrected chi connectivity index (χ2v) is 10.9. The van der Waals surface area contributed by atoms with Crippen LogP contribution in [0.2, 0.25) is 0 Å². The van der Waals surface area contributed by atoms with E-state index < -0.39 is 19.7 Å². The highest BCUT2D eigenvalue weighted by Gasteiger charge is 2.35. The largest absolute Gasteiger partial charge is 0.384 e. The molecule has 36 heavy (non-hydrogen) atoms. The van der Waals surface area contributed by atoms with Crippen molar-refractivity contribution in [3.05, 3.63) is 71.3 Å². The van der Waals surface area contributed by atoms with Crippen molar-refractivity contribution in [3.8, 4) is 0 Å². The van der Waals surface area contributed by atoms with Crippen molar-refractivity contribution in [2.75, 3.05) is 19.3 Å². The molecular formula is C25H34N5O5P. The lowest BCUT2D eigenvalue weighted by Crippen LogP contribution is -2.55. The van der Waals surface area contributed by atoms with E-state index in [-0.39, 0.29) is 42.8 Å². The number of rotatable bonds is 10. The summed E-state index contributed by atoms with van der Waals surface area (Å²) in [6, 6.07) is 15.4. The first kappa shape index (κ1) is 27.5. The zero-order valence-corrected chi connectivity index (χ0v) is 21.2. The number of likely N-dealkylation sites (tertiary alicyclic amines) is 1. The van der Waals surface area contributed by atoms with Crippen molar-refractivity contribution < 1.29 is 23.9 Å². The number of amidine groups is 1. The standard InChI is InChI=1S/C25H34N5O5P/c1-17(24(31)28-16-18-7-9-20(10-8-18)23(26)27)29-25(32)22-15-21(19-5-3-2-4-6-19)11-12-30(22)13-14-36(33,34)35/h2-10,17,21-22H,11-16H2,1H3,(H3,26,27)(H,28,31)(H,29,32)(H2,33,34,35)/t17?,21-,22+/m0/s1. The molecule has 3 rings (SSSR count). The molecule has 1 heterocycles. The Morgan fingerprint density at radius 1 is 1.17 bits per heavy atom. The summed E-state index contributed by atoms with van der Waals surface area (Å²) >= 11 is 0. The van der Waals surface area contributed by atoms with Crippen LogP contribution in [0.3, 0.4) is 0 Å². The number of benzene rings is 2. The molecule has 194 valence electrons. The van der Waals surface area contributed by atoms with Crippen molar-refractivity contribution in [2.45, 2.75) is 44.3 Å². The number of hydrogen-bond acceptors (Lipinski definition) is 5. The topological polar surface area (TPSA) is 169 Å². The van der Waals surface area contributed by atoms with Crippen molar-refractivity contribution in [1.29, 1.82) is 5.41 Å². The molecule has 2 amide bonds. The van der Waals surface area contributed by atoms with E-state index in [1.54, 1.807) is 36.1 Å². The van der Waals surface area contributed by atoms with Gasteiger partial charge >= 0.3 is 7.60 Å². The number of nitrogens with one attached hydrogen (secondary N) is 3. The van der Waals surface area contributed by atoms with E-state index in [4.69, 9.17) is 11.1 Å². The van der Waals surface area contributed by atoms with Gasteiger partial charge in [0, 0.05) is 18.7 Å². The minimum Gasteiger partial charge on any atom is -0.384 e. The molecule has 7 N–H and O–H groups in total. The van der Waals surface area contributed by atoms with Crippen molar-refractivity contribution >= 4 is 25.2 Å². The fraction of sp³-hybridized carbons (Fsp3) is 0.400. The van der Waals surface area contributed by atoms with E-state index >= 15 is 0 Å². The van der Waals surface area contributed by atoms with Crippen LogP contribution in [0.15, 0.2) is 54.6 Å². The van der Waals surface area contributed by atoms with Crippen LogP contribution in [-0.4, -0.2) is 63.7 Å². The van der Waals surface area contributed by atoms with Crippen LogP contribution in [0.4, 0.5) is 0 Å². The lowest BCUT2D eigenvalue weighted by atomic mass is 9.85. The van der Waals surface area contributed by atoms with Crippen LogP contribution in [0.1, 0.15) is 42.4 Å². The summed E-state index contributed by atoms with van der Waals surface area (Å²) in [5, 5.41) is 13.0. The number of carbonyl (C=O) groups is 2. The maximum atomic E-state index is 13.2. The molecule has 1 aliphatic rings. The van der Waals surface area contributed by atoms with Crippen molar-refractivity contribution in [2.24, 2.45) is 5.73 Å². The Balaban J connectivity index is 1.61. The normalized spacial score (nSPS) is 19.3. The van der Waals surface area contributed by atoms with Gasteiger partial charge in [-0.2, -0.15) is 0 Å². The highest BCUT2D eigenvalue weighted by molar-refractivity contribution is 7.51. The lowest BCUT2D eigenvalue weighted by molar-refractivity contribution is -0.132. The molecule has 0 bridgehead atoms. The van der Waals surface area contributed by atoms with Gasteiger partial charge < -0.3 is 26.2 Å². The summed E-state index contributed by atoms with van der Waals surface area (Å²) in [4.78, 5) is 46.3. The van der Waals surface area contributed by atoms with Gasteiger partial charge in [-0.1, -0.05) is 54.6 Å². The number of amides is 2. The van der Waals surface area contributed by atoms with Crippen LogP contribution in [0.5, 0.6) is 0 Å². The van der Waals surface area contributed by atoms with Crippen molar-refractivity contribution in [1.82, 2.24) is 15.5 Å². The Hall–Kier alpha value is -3.04. The monoisotopic (exact) mass is 515 g/mol. The minimum absolute atomic E-state index is 0.0334. The predicted molar refractivity (Wildman–Crippen MR) is 138 cm³/mol. The predicted octanol–water partition coefficient (Wildman–Crippen LogP) is 1.52. The number of carbonyl (C=O) groups excluding carboxylic acids is 2. The lowest BCUT2D eigenvalue weighted by Gasteiger charge is -2.39. The third-order valence-corrected chi connectivity index (χ3v) is 7.23. The molecule has 0 radical (unpaired) electrons. The fourth-order valence-corrected chi connectivity index (χ4v) is 4.88. The molecule has 0 saturated carbocycles. The Labute approximate surface area is 210 Å². The molecule has 3 atom stereocenters. The van der Waals surface area contributed by atoms with Crippen LogP contribution in [-0.2, 0) is 20.7 Å². The SMILES string of the molecule is CC(NC(=O)[C@H]1C[C@@H](c2ccccc2)CCN1CCP(=O)(O)O)C(=O)NCc1ccc(C(=N)N)cc1. The summed E-state index contributed by atoms with van der Waals surface area (Å²) in [5.41, 5.74) is 7.99. The average Bonchev–Trinajstić information content (AvgIpc) is 2.86. The molecule has 2 aromatic carbocycles. The molecule has 1 saturated heterocycles. The number of hydrogen-bond donors (Lipinski definition) is 6. The van der Waals surface area contributed by atoms with E-state index in [0.717, 1.165) is 17.5 Å². The third-order valence-electron chi connectivity index (χ3n) is 6.45. The zero-order chi connectivity index (χ0) is 26.3. The first-order chi connectivity index (χ1) is 17.0. The van der Waals surface area contributed by atoms with Gasteiger partial charge in [-0.05, 0) is 43.4 Å². The molecule has 1 fully saturated rings. The second kappa shape index (κ2) is 12.3. The maximum Gasteiger partial charge on any atom is 0.326 e. The van der Waals surface area contributed by atoms with Gasteiger partial charge in [-0.3, -0.25) is 24.5 Å². The van der Waals surface area contributed by atoms with E-state index in [2.05, 4.69) is 10.6 Å². The van der Waals surface area contributed by atoms with E-state index in [1.165, 1.54) is 0 Å². The number of piperidine rings is 1. The Morgan fingerprint density at radius 2 is 1.83 bits per heavy atom. The molecule has 0 spiro atoms. The van der Waals surface area contributed by atoms with Crippen LogP contribution in [0, 0.1) is 5.41 Å². The maximum absolute atomic E-state index is 13.2. The molecular weight excluding hydrogens is 481 g/mol.